The highest BCUT2D eigenvalue weighted by molar-refractivity contribution is 6.00. The van der Waals surface area contributed by atoms with E-state index in [1.165, 1.54) is 0 Å². The number of carbonyl (C=O) groups is 8. The van der Waals surface area contributed by atoms with Crippen molar-refractivity contribution in [3.05, 3.63) is 108 Å². The third-order valence-electron chi connectivity index (χ3n) is 14.3. The Hall–Kier alpha value is -7.77. The molecular formula is C55H74N12O8. The molecule has 3 aromatic carbocycles. The largest absolute Gasteiger partial charge is 0.370 e. The number of nitrogens with two attached hydrogens (primary N) is 3. The number of rotatable bonds is 14. The molecule has 1 aromatic heterocycles. The van der Waals surface area contributed by atoms with Gasteiger partial charge in [-0.1, -0.05) is 99.1 Å². The number of unbranched alkanes of at least 4 members (excludes halogenated alkanes) is 1. The van der Waals surface area contributed by atoms with Crippen LogP contribution in [0.25, 0.3) is 10.9 Å². The highest BCUT2D eigenvalue weighted by atomic mass is 16.2. The SMILES string of the molecule is CCCCC(=O)N[C@@H]1CC(=O)NCCCC[C@@H](C(N)=O)NC(=O)[C@H]([C@@H](C)c2c[nH]c3ccccc23)NC(=O)[C@H](CCCN=C(N)N)NC(=O)[C@H](Cc2ccccc2)NC(=O)C2(CCC(c3ccccc3)CC2)NC1=O. The summed E-state index contributed by atoms with van der Waals surface area (Å²) in [7, 11) is 0. The molecule has 2 fully saturated rings. The number of H-pyrrole nitrogens is 1. The van der Waals surface area contributed by atoms with E-state index in [0.29, 0.717) is 49.7 Å². The van der Waals surface area contributed by atoms with Gasteiger partial charge in [0.05, 0.1) is 6.42 Å². The number of amides is 8. The first-order chi connectivity index (χ1) is 36.1. The van der Waals surface area contributed by atoms with Crippen molar-refractivity contribution in [3.63, 3.8) is 0 Å². The van der Waals surface area contributed by atoms with Gasteiger partial charge in [0, 0.05) is 48.9 Å². The molecule has 1 aliphatic carbocycles. The van der Waals surface area contributed by atoms with Crippen LogP contribution in [0.1, 0.15) is 126 Å². The van der Waals surface area contributed by atoms with E-state index < -0.39 is 95.3 Å². The van der Waals surface area contributed by atoms with E-state index in [-0.39, 0.29) is 69.9 Å². The van der Waals surface area contributed by atoms with Crippen LogP contribution >= 0.6 is 0 Å². The first kappa shape index (κ1) is 56.5. The lowest BCUT2D eigenvalue weighted by Crippen LogP contribution is -2.66. The Balaban J connectivity index is 1.41. The van der Waals surface area contributed by atoms with Crippen molar-refractivity contribution in [3.8, 4) is 0 Å². The fourth-order valence-corrected chi connectivity index (χ4v) is 9.94. The Morgan fingerprint density at radius 2 is 1.44 bits per heavy atom. The first-order valence-electron chi connectivity index (χ1n) is 26.2. The number of nitrogens with zero attached hydrogens (tertiary/aromatic N) is 1. The third-order valence-corrected chi connectivity index (χ3v) is 14.3. The number of para-hydroxylation sites is 1. The number of fused-ring (bicyclic) bond motifs is 1. The first-order valence-corrected chi connectivity index (χ1v) is 26.2. The van der Waals surface area contributed by atoms with Gasteiger partial charge in [-0.25, -0.2) is 0 Å². The van der Waals surface area contributed by atoms with Gasteiger partial charge in [0.1, 0.15) is 35.7 Å². The van der Waals surface area contributed by atoms with Crippen LogP contribution in [0.15, 0.2) is 96.1 Å². The number of benzene rings is 3. The Morgan fingerprint density at radius 3 is 2.13 bits per heavy atom. The molecule has 20 nitrogen and oxygen atoms in total. The molecule has 0 radical (unpaired) electrons. The van der Waals surface area contributed by atoms with Gasteiger partial charge >= 0.3 is 0 Å². The lowest BCUT2D eigenvalue weighted by atomic mass is 9.73. The molecule has 1 spiro atoms. The summed E-state index contributed by atoms with van der Waals surface area (Å²) in [6, 6.07) is 19.7. The van der Waals surface area contributed by atoms with Gasteiger partial charge in [-0.2, -0.15) is 0 Å². The van der Waals surface area contributed by atoms with Crippen LogP contribution in [0.3, 0.4) is 0 Å². The van der Waals surface area contributed by atoms with Crippen LogP contribution in [0, 0.1) is 0 Å². The fraction of sp³-hybridized carbons (Fsp3) is 0.473. The van der Waals surface area contributed by atoms with Gasteiger partial charge in [-0.05, 0) is 92.9 Å². The number of carbonyl (C=O) groups excluding carboxylic acids is 8. The molecule has 20 heteroatoms. The summed E-state index contributed by atoms with van der Waals surface area (Å²) in [6.07, 6.45) is 4.79. The maximum Gasteiger partial charge on any atom is 0.246 e. The lowest BCUT2D eigenvalue weighted by Gasteiger charge is -2.41. The molecule has 75 heavy (non-hydrogen) atoms. The van der Waals surface area contributed by atoms with Gasteiger partial charge in [-0.15, -0.1) is 0 Å². The quantitative estimate of drug-likeness (QED) is 0.0498. The number of hydrogen-bond donors (Lipinski definition) is 11. The summed E-state index contributed by atoms with van der Waals surface area (Å²) in [4.78, 5) is 121. The second kappa shape index (κ2) is 27.5. The maximum atomic E-state index is 15.2. The molecule has 8 amide bonds. The van der Waals surface area contributed by atoms with Crippen LogP contribution in [0.5, 0.6) is 0 Å². The maximum absolute atomic E-state index is 15.2. The van der Waals surface area contributed by atoms with Crippen LogP contribution in [-0.4, -0.2) is 107 Å². The molecule has 14 N–H and O–H groups in total. The van der Waals surface area contributed by atoms with Crippen molar-refractivity contribution in [1.29, 1.82) is 0 Å². The summed E-state index contributed by atoms with van der Waals surface area (Å²) < 4.78 is 0. The molecular weight excluding hydrogens is 957 g/mol. The predicted octanol–water partition coefficient (Wildman–Crippen LogP) is 2.57. The Labute approximate surface area is 437 Å². The number of primary amides is 1. The third kappa shape index (κ3) is 16.1. The van der Waals surface area contributed by atoms with Crippen LogP contribution in [0.2, 0.25) is 0 Å². The van der Waals surface area contributed by atoms with Crippen molar-refractivity contribution in [2.24, 2.45) is 22.2 Å². The van der Waals surface area contributed by atoms with Crippen molar-refractivity contribution < 1.29 is 38.4 Å². The van der Waals surface area contributed by atoms with E-state index in [9.17, 15) is 33.6 Å². The number of nitrogens with one attached hydrogen (secondary N) is 8. The minimum Gasteiger partial charge on any atom is -0.370 e. The summed E-state index contributed by atoms with van der Waals surface area (Å²) in [6.45, 7) is 3.89. The number of aromatic nitrogens is 1. The molecule has 0 unspecified atom stereocenters. The van der Waals surface area contributed by atoms with E-state index in [1.54, 1.807) is 37.4 Å². The molecule has 1 aliphatic heterocycles. The standard InChI is InChI=1S/C55H74N12O8/c1-3-4-24-45(68)62-44-32-46(69)59-29-14-13-22-41(48(56)70)63-52(74)47(34(2)39-33-61-40-21-12-11-20-38(39)40)66-49(71)42(23-15-30-60-54(57)58)64-50(72)43(31-35-16-7-5-8-17-35)65-53(75)55(67-51(44)73)27-25-37(26-28-55)36-18-9-6-10-19-36/h5-12,16-21,33-34,37,41-44,47,61H,3-4,13-15,22-32H2,1-2H3,(H2,56,70)(H,59,69)(H,62,68)(H,63,74)(H,64,72)(H,65,75)(H,66,71)(H,67,73)(H4,57,58,60)/t34-,37?,41-,42-,43-,44+,47-,55?/m0/s1. The summed E-state index contributed by atoms with van der Waals surface area (Å²) in [5, 5.41) is 20.8. The number of aliphatic imine (C=N–C) groups is 1. The molecule has 2 heterocycles. The van der Waals surface area contributed by atoms with Crippen LogP contribution in [0.4, 0.5) is 0 Å². The zero-order chi connectivity index (χ0) is 53.9. The van der Waals surface area contributed by atoms with E-state index in [2.05, 4.69) is 47.2 Å². The van der Waals surface area contributed by atoms with E-state index in [1.807, 2.05) is 67.6 Å². The summed E-state index contributed by atoms with van der Waals surface area (Å²) in [5.41, 5.74) is 18.7. The molecule has 6 atom stereocenters. The number of aromatic amines is 1. The van der Waals surface area contributed by atoms with Gasteiger partial charge in [0.25, 0.3) is 0 Å². The minimum absolute atomic E-state index is 0.0148. The molecule has 2 aliphatic rings. The average Bonchev–Trinajstić information content (AvgIpc) is 3.84. The molecule has 6 rings (SSSR count). The second-order valence-electron chi connectivity index (χ2n) is 19.8. The summed E-state index contributed by atoms with van der Waals surface area (Å²) >= 11 is 0. The number of hydrogen-bond acceptors (Lipinski definition) is 9. The normalized spacial score (nSPS) is 24.3. The Morgan fingerprint density at radius 1 is 0.760 bits per heavy atom. The zero-order valence-electron chi connectivity index (χ0n) is 43.0. The Kier molecular flexibility index (Phi) is 20.7. The minimum atomic E-state index is -1.61. The second-order valence-corrected chi connectivity index (χ2v) is 19.8. The molecule has 4 aromatic rings. The number of guanidine groups is 1. The van der Waals surface area contributed by atoms with Crippen molar-refractivity contribution in [2.75, 3.05) is 13.1 Å². The van der Waals surface area contributed by atoms with E-state index in [4.69, 9.17) is 17.2 Å². The Bertz CT molecular complexity index is 2630. The van der Waals surface area contributed by atoms with Gasteiger partial charge in [0.2, 0.25) is 47.3 Å². The van der Waals surface area contributed by atoms with E-state index >= 15 is 4.79 Å². The molecule has 1 saturated heterocycles. The highest BCUT2D eigenvalue weighted by Crippen LogP contribution is 2.39. The monoisotopic (exact) mass is 1030 g/mol. The molecule has 0 bridgehead atoms. The van der Waals surface area contributed by atoms with Crippen molar-refractivity contribution >= 4 is 64.1 Å². The van der Waals surface area contributed by atoms with Gasteiger partial charge < -0.3 is 59.4 Å². The summed E-state index contributed by atoms with van der Waals surface area (Å²) in [5.74, 6) is -6.28. The van der Waals surface area contributed by atoms with Crippen LogP contribution in [-0.2, 0) is 44.8 Å². The van der Waals surface area contributed by atoms with Gasteiger partial charge in [-0.3, -0.25) is 43.3 Å². The van der Waals surface area contributed by atoms with Crippen LogP contribution < -0.4 is 54.4 Å². The highest BCUT2D eigenvalue weighted by Gasteiger charge is 2.46. The fourth-order valence-electron chi connectivity index (χ4n) is 9.94. The smallest absolute Gasteiger partial charge is 0.246 e. The molecule has 1 saturated carbocycles. The lowest BCUT2D eigenvalue weighted by molar-refractivity contribution is -0.140. The topological polar surface area (TPSA) is 327 Å². The van der Waals surface area contributed by atoms with Crippen molar-refractivity contribution in [2.45, 2.75) is 151 Å². The van der Waals surface area contributed by atoms with E-state index in [0.717, 1.165) is 16.5 Å². The average molecular weight is 1030 g/mol. The predicted molar refractivity (Wildman–Crippen MR) is 285 cm³/mol. The molecule has 402 valence electrons. The van der Waals surface area contributed by atoms with Gasteiger partial charge in [0.15, 0.2) is 5.96 Å². The van der Waals surface area contributed by atoms with Crippen molar-refractivity contribution in [1.82, 2.24) is 42.2 Å². The zero-order valence-corrected chi connectivity index (χ0v) is 43.0.